The second kappa shape index (κ2) is 7.57. The first kappa shape index (κ1) is 19.0. The third-order valence-corrected chi connectivity index (χ3v) is 7.91. The van der Waals surface area contributed by atoms with Crippen molar-refractivity contribution in [1.82, 2.24) is 5.32 Å². The number of carbonyl (C=O) groups is 1. The number of benzene rings is 1. The van der Waals surface area contributed by atoms with E-state index >= 15 is 0 Å². The summed E-state index contributed by atoms with van der Waals surface area (Å²) in [6.07, 6.45) is 5.51. The number of nitrogens with one attached hydrogen (secondary N) is 2. The molecule has 4 rings (SSSR count). The van der Waals surface area contributed by atoms with Crippen molar-refractivity contribution in [2.24, 2.45) is 17.8 Å². The Balaban J connectivity index is 1.43. The highest BCUT2D eigenvalue weighted by Crippen LogP contribution is 2.49. The molecule has 2 bridgehead atoms. The van der Waals surface area contributed by atoms with Crippen molar-refractivity contribution in [3.8, 4) is 0 Å². The summed E-state index contributed by atoms with van der Waals surface area (Å²) in [6.45, 7) is 2.24. The number of thiocarbonyl (C=S) groups is 1. The predicted molar refractivity (Wildman–Crippen MR) is 116 cm³/mol. The summed E-state index contributed by atoms with van der Waals surface area (Å²) in [5, 5.41) is 8.67. The number of halogens is 1. The molecule has 4 nitrogen and oxygen atoms in total. The molecule has 2 aromatic rings. The second-order valence-corrected chi connectivity index (χ2v) is 9.51. The molecular formula is C20H23ClN2O2S2. The van der Waals surface area contributed by atoms with E-state index in [1.165, 1.54) is 44.1 Å². The monoisotopic (exact) mass is 422 g/mol. The van der Waals surface area contributed by atoms with Crippen LogP contribution >= 0.6 is 35.2 Å². The Hall–Kier alpha value is -1.37. The fraction of sp³-hybridized carbons (Fsp3) is 0.500. The van der Waals surface area contributed by atoms with E-state index in [0.717, 1.165) is 33.5 Å². The molecule has 4 unspecified atom stereocenters. The van der Waals surface area contributed by atoms with Crippen molar-refractivity contribution in [3.63, 3.8) is 0 Å². The minimum Gasteiger partial charge on any atom is -0.465 e. The van der Waals surface area contributed by atoms with Crippen molar-refractivity contribution in [2.45, 2.75) is 38.6 Å². The van der Waals surface area contributed by atoms with Crippen molar-refractivity contribution < 1.29 is 9.53 Å². The summed E-state index contributed by atoms with van der Waals surface area (Å²) in [7, 11) is 1.36. The van der Waals surface area contributed by atoms with Crippen LogP contribution in [0.3, 0.4) is 0 Å². The fourth-order valence-corrected chi connectivity index (χ4v) is 6.52. The largest absolute Gasteiger partial charge is 0.465 e. The van der Waals surface area contributed by atoms with Crippen LogP contribution in [0.15, 0.2) is 18.2 Å². The van der Waals surface area contributed by atoms with E-state index in [1.807, 2.05) is 18.2 Å². The fourth-order valence-electron chi connectivity index (χ4n) is 4.75. The first-order valence-electron chi connectivity index (χ1n) is 9.34. The highest BCUT2D eigenvalue weighted by atomic mass is 35.5. The van der Waals surface area contributed by atoms with Crippen LogP contribution in [0.25, 0.3) is 10.1 Å². The number of methoxy groups -OCH3 is 1. The average Bonchev–Trinajstić information content (AvgIpc) is 3.35. The first-order valence-corrected chi connectivity index (χ1v) is 10.9. The highest BCUT2D eigenvalue weighted by Gasteiger charge is 2.41. The molecule has 27 heavy (non-hydrogen) atoms. The maximum absolute atomic E-state index is 11.8. The number of ether oxygens (including phenoxy) is 1. The quantitative estimate of drug-likeness (QED) is 0.506. The van der Waals surface area contributed by atoms with E-state index in [1.54, 1.807) is 0 Å². The topological polar surface area (TPSA) is 50.4 Å². The van der Waals surface area contributed by atoms with Crippen LogP contribution in [0.5, 0.6) is 0 Å². The third kappa shape index (κ3) is 3.67. The van der Waals surface area contributed by atoms with E-state index in [-0.39, 0.29) is 0 Å². The van der Waals surface area contributed by atoms with Gasteiger partial charge in [-0.25, -0.2) is 4.79 Å². The van der Waals surface area contributed by atoms with Crippen molar-refractivity contribution in [1.29, 1.82) is 0 Å². The molecule has 144 valence electrons. The summed E-state index contributed by atoms with van der Waals surface area (Å²) < 4.78 is 5.72. The number of anilines is 1. The molecule has 2 fully saturated rings. The van der Waals surface area contributed by atoms with Gasteiger partial charge in [-0.1, -0.05) is 18.0 Å². The van der Waals surface area contributed by atoms with Crippen LogP contribution in [-0.4, -0.2) is 24.2 Å². The Labute approximate surface area is 173 Å². The van der Waals surface area contributed by atoms with Gasteiger partial charge in [0.1, 0.15) is 4.88 Å². The Kier molecular flexibility index (Phi) is 5.32. The molecule has 0 radical (unpaired) electrons. The van der Waals surface area contributed by atoms with Gasteiger partial charge in [-0.15, -0.1) is 11.3 Å². The zero-order chi connectivity index (χ0) is 19.1. The van der Waals surface area contributed by atoms with Gasteiger partial charge < -0.3 is 15.4 Å². The molecule has 7 heteroatoms. The number of carbonyl (C=O) groups excluding carboxylic acids is 1. The molecule has 1 aromatic carbocycles. The maximum atomic E-state index is 11.8. The summed E-state index contributed by atoms with van der Waals surface area (Å²) in [5.41, 5.74) is 0.884. The van der Waals surface area contributed by atoms with Crippen LogP contribution in [0.1, 0.15) is 42.3 Å². The standard InChI is InChI=1S/C20H23ClN2O2S2/c1-10(15-8-11-3-4-12(15)7-11)22-20(26)23-13-5-6-14-16(9-13)27-18(17(14)21)19(24)25-2/h5-6,9-12,15H,3-4,7-8H2,1-2H3,(H2,22,23,26). The molecule has 4 atom stereocenters. The summed E-state index contributed by atoms with van der Waals surface area (Å²) in [5.74, 6) is 2.11. The van der Waals surface area contributed by atoms with Gasteiger partial charge in [0.2, 0.25) is 0 Å². The summed E-state index contributed by atoms with van der Waals surface area (Å²) >= 11 is 13.2. The van der Waals surface area contributed by atoms with Gasteiger partial charge >= 0.3 is 5.97 Å². The van der Waals surface area contributed by atoms with Crippen molar-refractivity contribution in [2.75, 3.05) is 12.4 Å². The normalized spacial score (nSPS) is 24.8. The van der Waals surface area contributed by atoms with E-state index < -0.39 is 5.97 Å². The van der Waals surface area contributed by atoms with Crippen LogP contribution < -0.4 is 10.6 Å². The number of esters is 1. The van der Waals surface area contributed by atoms with Gasteiger partial charge in [0.25, 0.3) is 0 Å². The van der Waals surface area contributed by atoms with Crippen molar-refractivity contribution >= 4 is 62.0 Å². The summed E-state index contributed by atoms with van der Waals surface area (Å²) in [6, 6.07) is 6.18. The highest BCUT2D eigenvalue weighted by molar-refractivity contribution is 7.80. The van der Waals surface area contributed by atoms with Gasteiger partial charge in [0, 0.05) is 21.8 Å². The van der Waals surface area contributed by atoms with Gasteiger partial charge in [-0.05, 0) is 74.4 Å². The molecule has 2 N–H and O–H groups in total. The number of rotatable bonds is 4. The minimum atomic E-state index is -0.410. The lowest BCUT2D eigenvalue weighted by molar-refractivity contribution is 0.0606. The van der Waals surface area contributed by atoms with E-state index in [2.05, 4.69) is 17.6 Å². The van der Waals surface area contributed by atoms with E-state index in [0.29, 0.717) is 21.1 Å². The van der Waals surface area contributed by atoms with Crippen LogP contribution in [-0.2, 0) is 4.74 Å². The SMILES string of the molecule is COC(=O)c1sc2cc(NC(=S)NC(C)C3CC4CCC3C4)ccc2c1Cl. The lowest BCUT2D eigenvalue weighted by Crippen LogP contribution is -2.42. The maximum Gasteiger partial charge on any atom is 0.349 e. The lowest BCUT2D eigenvalue weighted by atomic mass is 9.84. The molecule has 1 heterocycles. The van der Waals surface area contributed by atoms with Crippen LogP contribution in [0, 0.1) is 17.8 Å². The zero-order valence-corrected chi connectivity index (χ0v) is 17.8. The Morgan fingerprint density at radius 1 is 1.37 bits per heavy atom. The van der Waals surface area contributed by atoms with Gasteiger partial charge in [0.15, 0.2) is 5.11 Å². The number of hydrogen-bond acceptors (Lipinski definition) is 4. The molecule has 2 aliphatic rings. The Morgan fingerprint density at radius 3 is 2.85 bits per heavy atom. The number of hydrogen-bond donors (Lipinski definition) is 2. The molecule has 1 aromatic heterocycles. The Morgan fingerprint density at radius 2 is 2.19 bits per heavy atom. The van der Waals surface area contributed by atoms with Crippen LogP contribution in [0.4, 0.5) is 5.69 Å². The van der Waals surface area contributed by atoms with Gasteiger partial charge in [0.05, 0.1) is 12.1 Å². The van der Waals surface area contributed by atoms with E-state index in [9.17, 15) is 4.79 Å². The van der Waals surface area contributed by atoms with Gasteiger partial charge in [-0.3, -0.25) is 0 Å². The zero-order valence-electron chi connectivity index (χ0n) is 15.4. The number of thiophene rings is 1. The van der Waals surface area contributed by atoms with Gasteiger partial charge in [-0.2, -0.15) is 0 Å². The smallest absolute Gasteiger partial charge is 0.349 e. The Bertz CT molecular complexity index is 897. The average molecular weight is 423 g/mol. The lowest BCUT2D eigenvalue weighted by Gasteiger charge is -2.29. The summed E-state index contributed by atoms with van der Waals surface area (Å²) in [4.78, 5) is 12.3. The molecule has 0 spiro atoms. The molecule has 2 aliphatic carbocycles. The predicted octanol–water partition coefficient (Wildman–Crippen LogP) is 5.45. The first-order chi connectivity index (χ1) is 13.0. The second-order valence-electron chi connectivity index (χ2n) is 7.67. The van der Waals surface area contributed by atoms with Crippen LogP contribution in [0.2, 0.25) is 5.02 Å². The van der Waals surface area contributed by atoms with E-state index in [4.69, 9.17) is 28.6 Å². The van der Waals surface area contributed by atoms with Crippen molar-refractivity contribution in [3.05, 3.63) is 28.1 Å². The molecule has 2 saturated carbocycles. The molecule has 0 amide bonds. The number of fused-ring (bicyclic) bond motifs is 3. The molecule has 0 saturated heterocycles. The molecule has 0 aliphatic heterocycles. The molecular weight excluding hydrogens is 400 g/mol. The third-order valence-electron chi connectivity index (χ3n) is 6.05. The minimum absolute atomic E-state index is 0.381.